The highest BCUT2D eigenvalue weighted by Gasteiger charge is 2.25. The molecule has 23 heavy (non-hydrogen) atoms. The Hall–Kier alpha value is -1.10. The van der Waals surface area contributed by atoms with Crippen LogP contribution in [-0.4, -0.2) is 48.4 Å². The molecule has 0 atom stereocenters. The smallest absolute Gasteiger partial charge is 0.253 e. The van der Waals surface area contributed by atoms with Crippen molar-refractivity contribution in [3.05, 3.63) is 35.4 Å². The molecule has 4 nitrogen and oxygen atoms in total. The molecule has 1 aromatic carbocycles. The fourth-order valence-corrected chi connectivity index (χ4v) is 3.61. The standard InChI is InChI=1S/C18H27N3O.ClH/c19-13-15-3-5-17(6-4-15)18(22)21-11-7-16(8-12-21)14-20-9-1-2-10-20;/h3-6,16H,1-2,7-14,19H2;1H. The minimum atomic E-state index is 0. The van der Waals surface area contributed by atoms with Crippen LogP contribution in [0, 0.1) is 5.92 Å². The van der Waals surface area contributed by atoms with E-state index in [0.29, 0.717) is 6.54 Å². The largest absolute Gasteiger partial charge is 0.339 e. The Morgan fingerprint density at radius 1 is 1.04 bits per heavy atom. The van der Waals surface area contributed by atoms with Gasteiger partial charge in [0, 0.05) is 31.7 Å². The van der Waals surface area contributed by atoms with Gasteiger partial charge in [0.25, 0.3) is 5.91 Å². The van der Waals surface area contributed by atoms with E-state index >= 15 is 0 Å². The lowest BCUT2D eigenvalue weighted by Crippen LogP contribution is -2.41. The van der Waals surface area contributed by atoms with E-state index in [1.165, 1.54) is 32.5 Å². The van der Waals surface area contributed by atoms with E-state index in [4.69, 9.17) is 5.73 Å². The summed E-state index contributed by atoms with van der Waals surface area (Å²) >= 11 is 0. The van der Waals surface area contributed by atoms with Crippen molar-refractivity contribution >= 4 is 18.3 Å². The van der Waals surface area contributed by atoms with E-state index in [-0.39, 0.29) is 18.3 Å². The van der Waals surface area contributed by atoms with Gasteiger partial charge in [0.2, 0.25) is 0 Å². The molecule has 128 valence electrons. The Morgan fingerprint density at radius 3 is 2.22 bits per heavy atom. The van der Waals surface area contributed by atoms with Crippen molar-refractivity contribution in [2.24, 2.45) is 11.7 Å². The van der Waals surface area contributed by atoms with Crippen LogP contribution < -0.4 is 5.73 Å². The van der Waals surface area contributed by atoms with Crippen molar-refractivity contribution in [1.82, 2.24) is 9.80 Å². The van der Waals surface area contributed by atoms with Gasteiger partial charge in [-0.2, -0.15) is 0 Å². The molecule has 1 aromatic rings. The number of carbonyl (C=O) groups is 1. The Kier molecular flexibility index (Phi) is 6.88. The predicted octanol–water partition coefficient (Wildman–Crippen LogP) is 2.52. The summed E-state index contributed by atoms with van der Waals surface area (Å²) in [6.07, 6.45) is 5.00. The summed E-state index contributed by atoms with van der Waals surface area (Å²) < 4.78 is 0. The highest BCUT2D eigenvalue weighted by molar-refractivity contribution is 5.94. The van der Waals surface area contributed by atoms with E-state index < -0.39 is 0 Å². The highest BCUT2D eigenvalue weighted by Crippen LogP contribution is 2.22. The lowest BCUT2D eigenvalue weighted by Gasteiger charge is -2.34. The van der Waals surface area contributed by atoms with E-state index in [0.717, 1.165) is 43.0 Å². The molecule has 0 spiro atoms. The van der Waals surface area contributed by atoms with Gasteiger partial charge >= 0.3 is 0 Å². The zero-order valence-corrected chi connectivity index (χ0v) is 14.6. The zero-order chi connectivity index (χ0) is 15.4. The molecule has 2 heterocycles. The molecule has 0 aromatic heterocycles. The van der Waals surface area contributed by atoms with Crippen molar-refractivity contribution in [1.29, 1.82) is 0 Å². The molecular weight excluding hydrogens is 310 g/mol. The molecule has 0 aliphatic carbocycles. The number of piperidine rings is 1. The number of nitrogens with zero attached hydrogens (tertiary/aromatic N) is 2. The van der Waals surface area contributed by atoms with Gasteiger partial charge in [0.15, 0.2) is 0 Å². The molecule has 2 aliphatic rings. The highest BCUT2D eigenvalue weighted by atomic mass is 35.5. The molecule has 5 heteroatoms. The van der Waals surface area contributed by atoms with Crippen LogP contribution in [0.3, 0.4) is 0 Å². The van der Waals surface area contributed by atoms with Gasteiger partial charge in [-0.15, -0.1) is 12.4 Å². The van der Waals surface area contributed by atoms with Gasteiger partial charge in [-0.05, 0) is 62.4 Å². The van der Waals surface area contributed by atoms with Crippen LogP contribution in [0.2, 0.25) is 0 Å². The predicted molar refractivity (Wildman–Crippen MR) is 95.9 cm³/mol. The Labute approximate surface area is 145 Å². The number of carbonyl (C=O) groups excluding carboxylic acids is 1. The van der Waals surface area contributed by atoms with Crippen LogP contribution in [0.15, 0.2) is 24.3 Å². The minimum Gasteiger partial charge on any atom is -0.339 e. The quantitative estimate of drug-likeness (QED) is 0.918. The van der Waals surface area contributed by atoms with Crippen molar-refractivity contribution in [2.75, 3.05) is 32.7 Å². The molecular formula is C18H28ClN3O. The van der Waals surface area contributed by atoms with Gasteiger partial charge in [0.1, 0.15) is 0 Å². The summed E-state index contributed by atoms with van der Waals surface area (Å²) in [5.74, 6) is 0.935. The second-order valence-corrected chi connectivity index (χ2v) is 6.64. The zero-order valence-electron chi connectivity index (χ0n) is 13.7. The maximum absolute atomic E-state index is 12.5. The minimum absolute atomic E-state index is 0. The Balaban J connectivity index is 0.00000192. The van der Waals surface area contributed by atoms with E-state index in [2.05, 4.69) is 4.90 Å². The summed E-state index contributed by atoms with van der Waals surface area (Å²) in [4.78, 5) is 17.1. The molecule has 1 amide bonds. The lowest BCUT2D eigenvalue weighted by molar-refractivity contribution is 0.0673. The molecule has 0 saturated carbocycles. The molecule has 3 rings (SSSR count). The molecule has 2 fully saturated rings. The van der Waals surface area contributed by atoms with Crippen molar-refractivity contribution in [2.45, 2.75) is 32.2 Å². The second kappa shape index (κ2) is 8.67. The van der Waals surface area contributed by atoms with Crippen LogP contribution in [0.1, 0.15) is 41.6 Å². The van der Waals surface area contributed by atoms with Gasteiger partial charge in [-0.3, -0.25) is 4.79 Å². The van der Waals surface area contributed by atoms with Gasteiger partial charge in [0.05, 0.1) is 0 Å². The van der Waals surface area contributed by atoms with Crippen LogP contribution in [-0.2, 0) is 6.54 Å². The first-order valence-corrected chi connectivity index (χ1v) is 8.57. The first kappa shape index (κ1) is 18.2. The van der Waals surface area contributed by atoms with Crippen LogP contribution >= 0.6 is 12.4 Å². The molecule has 0 bridgehead atoms. The second-order valence-electron chi connectivity index (χ2n) is 6.64. The van der Waals surface area contributed by atoms with Crippen LogP contribution in [0.25, 0.3) is 0 Å². The van der Waals surface area contributed by atoms with E-state index in [1.54, 1.807) is 0 Å². The van der Waals surface area contributed by atoms with Crippen LogP contribution in [0.4, 0.5) is 0 Å². The number of amides is 1. The van der Waals surface area contributed by atoms with E-state index in [1.807, 2.05) is 29.2 Å². The maximum atomic E-state index is 12.5. The number of hydrogen-bond acceptors (Lipinski definition) is 3. The van der Waals surface area contributed by atoms with Crippen molar-refractivity contribution < 1.29 is 4.79 Å². The summed E-state index contributed by atoms with van der Waals surface area (Å²) in [6.45, 7) is 6.09. The summed E-state index contributed by atoms with van der Waals surface area (Å²) in [5.41, 5.74) is 7.46. The van der Waals surface area contributed by atoms with Gasteiger partial charge < -0.3 is 15.5 Å². The van der Waals surface area contributed by atoms with Gasteiger partial charge in [-0.1, -0.05) is 12.1 Å². The summed E-state index contributed by atoms with van der Waals surface area (Å²) in [6, 6.07) is 7.71. The SMILES string of the molecule is Cl.NCc1ccc(C(=O)N2CCC(CN3CCCC3)CC2)cc1. The normalized spacial score (nSPS) is 19.6. The molecule has 0 unspecified atom stereocenters. The molecule has 2 saturated heterocycles. The average molecular weight is 338 g/mol. The third-order valence-electron chi connectivity index (χ3n) is 5.05. The molecule has 0 radical (unpaired) electrons. The fourth-order valence-electron chi connectivity index (χ4n) is 3.61. The Bertz CT molecular complexity index is 491. The number of benzene rings is 1. The van der Waals surface area contributed by atoms with Crippen molar-refractivity contribution in [3.63, 3.8) is 0 Å². The van der Waals surface area contributed by atoms with Crippen molar-refractivity contribution in [3.8, 4) is 0 Å². The number of likely N-dealkylation sites (tertiary alicyclic amines) is 2. The molecule has 2 N–H and O–H groups in total. The maximum Gasteiger partial charge on any atom is 0.253 e. The third-order valence-corrected chi connectivity index (χ3v) is 5.05. The molecule has 2 aliphatic heterocycles. The van der Waals surface area contributed by atoms with Crippen LogP contribution in [0.5, 0.6) is 0 Å². The summed E-state index contributed by atoms with van der Waals surface area (Å²) in [5, 5.41) is 0. The first-order valence-electron chi connectivity index (χ1n) is 8.57. The van der Waals surface area contributed by atoms with E-state index in [9.17, 15) is 4.79 Å². The Morgan fingerprint density at radius 2 is 1.65 bits per heavy atom. The number of rotatable bonds is 4. The number of halogens is 1. The summed E-state index contributed by atoms with van der Waals surface area (Å²) in [7, 11) is 0. The average Bonchev–Trinajstić information content (AvgIpc) is 3.08. The van der Waals surface area contributed by atoms with Gasteiger partial charge in [-0.25, -0.2) is 0 Å². The fraction of sp³-hybridized carbons (Fsp3) is 0.611. The third kappa shape index (κ3) is 4.69. The lowest BCUT2D eigenvalue weighted by atomic mass is 9.95. The monoisotopic (exact) mass is 337 g/mol. The number of nitrogens with two attached hydrogens (primary N) is 1. The first-order chi connectivity index (χ1) is 10.8. The topological polar surface area (TPSA) is 49.6 Å². The number of hydrogen-bond donors (Lipinski definition) is 1.